The third-order valence-corrected chi connectivity index (χ3v) is 4.03. The molecule has 0 spiro atoms. The fourth-order valence-corrected chi connectivity index (χ4v) is 3.12. The first-order valence-electron chi connectivity index (χ1n) is 7.41. The molecule has 1 N–H and O–H groups in total. The van der Waals surface area contributed by atoms with E-state index < -0.39 is 0 Å². The number of ether oxygens (including phenoxy) is 1. The number of nitrogens with zero attached hydrogens (tertiary/aromatic N) is 1. The Morgan fingerprint density at radius 2 is 2.21 bits per heavy atom. The molecule has 2 unspecified atom stereocenters. The van der Waals surface area contributed by atoms with Crippen LogP contribution in [0.2, 0.25) is 0 Å². The van der Waals surface area contributed by atoms with Crippen molar-refractivity contribution in [1.29, 1.82) is 0 Å². The predicted octanol–water partition coefficient (Wildman–Crippen LogP) is 1.07. The van der Waals surface area contributed by atoms with Gasteiger partial charge in [-0.2, -0.15) is 0 Å². The van der Waals surface area contributed by atoms with Crippen LogP contribution in [-0.2, 0) is 14.3 Å². The number of rotatable bonds is 3. The van der Waals surface area contributed by atoms with Gasteiger partial charge in [-0.1, -0.05) is 6.42 Å². The highest BCUT2D eigenvalue weighted by Crippen LogP contribution is 2.25. The smallest absolute Gasteiger partial charge is 0.323 e. The summed E-state index contributed by atoms with van der Waals surface area (Å²) in [6, 6.07) is 0.0433. The molecule has 0 aromatic carbocycles. The number of carbonyl (C=O) groups excluding carboxylic acids is 2. The van der Waals surface area contributed by atoms with Crippen LogP contribution in [0.15, 0.2) is 0 Å². The van der Waals surface area contributed by atoms with E-state index >= 15 is 0 Å². The molecule has 0 bridgehead atoms. The van der Waals surface area contributed by atoms with Crippen molar-refractivity contribution < 1.29 is 14.3 Å². The van der Waals surface area contributed by atoms with Gasteiger partial charge in [0, 0.05) is 19.0 Å². The van der Waals surface area contributed by atoms with Gasteiger partial charge in [0.1, 0.15) is 6.04 Å². The fourth-order valence-electron chi connectivity index (χ4n) is 3.12. The summed E-state index contributed by atoms with van der Waals surface area (Å²) >= 11 is 0. The van der Waals surface area contributed by atoms with Crippen molar-refractivity contribution in [2.75, 3.05) is 19.7 Å². The van der Waals surface area contributed by atoms with Gasteiger partial charge in [0.25, 0.3) is 0 Å². The van der Waals surface area contributed by atoms with E-state index in [1.54, 1.807) is 0 Å². The van der Waals surface area contributed by atoms with Crippen LogP contribution in [0.25, 0.3) is 0 Å². The topological polar surface area (TPSA) is 58.6 Å². The molecule has 2 atom stereocenters. The first kappa shape index (κ1) is 14.3. The lowest BCUT2D eigenvalue weighted by Gasteiger charge is -2.39. The summed E-state index contributed by atoms with van der Waals surface area (Å²) in [7, 11) is 0. The van der Waals surface area contributed by atoms with Crippen LogP contribution in [-0.4, -0.2) is 48.6 Å². The van der Waals surface area contributed by atoms with Crippen molar-refractivity contribution in [2.45, 2.75) is 57.5 Å². The molecule has 108 valence electrons. The summed E-state index contributed by atoms with van der Waals surface area (Å²) < 4.78 is 5.18. The van der Waals surface area contributed by atoms with Crippen molar-refractivity contribution in [1.82, 2.24) is 10.2 Å². The average Bonchev–Trinajstić information content (AvgIpc) is 2.64. The number of carbonyl (C=O) groups is 2. The summed E-state index contributed by atoms with van der Waals surface area (Å²) in [5, 5.41) is 2.90. The number of likely N-dealkylation sites (tertiary alicyclic amines) is 1. The summed E-state index contributed by atoms with van der Waals surface area (Å²) in [4.78, 5) is 26.0. The first-order valence-corrected chi connectivity index (χ1v) is 7.41. The Labute approximate surface area is 114 Å². The third-order valence-electron chi connectivity index (χ3n) is 4.03. The van der Waals surface area contributed by atoms with Gasteiger partial charge >= 0.3 is 5.97 Å². The minimum absolute atomic E-state index is 0.107. The lowest BCUT2D eigenvalue weighted by molar-refractivity contribution is -0.152. The first-order chi connectivity index (χ1) is 9.22. The molecule has 2 aliphatic rings. The Bertz CT molecular complexity index is 333. The minimum atomic E-state index is -0.149. The number of esters is 1. The maximum atomic E-state index is 12.1. The second-order valence-corrected chi connectivity index (χ2v) is 5.35. The van der Waals surface area contributed by atoms with E-state index in [0.717, 1.165) is 45.2 Å². The normalized spacial score (nSPS) is 29.4. The molecule has 2 aliphatic heterocycles. The molecule has 0 radical (unpaired) electrons. The molecule has 2 heterocycles. The van der Waals surface area contributed by atoms with E-state index in [4.69, 9.17) is 4.74 Å². The molecule has 1 amide bonds. The van der Waals surface area contributed by atoms with E-state index in [1.807, 2.05) is 6.92 Å². The number of hydrogen-bond donors (Lipinski definition) is 1. The van der Waals surface area contributed by atoms with Crippen molar-refractivity contribution in [3.8, 4) is 0 Å². The fraction of sp³-hybridized carbons (Fsp3) is 0.857. The summed E-state index contributed by atoms with van der Waals surface area (Å²) in [6.07, 6.45) is 5.51. The van der Waals surface area contributed by atoms with E-state index in [1.165, 1.54) is 0 Å². The minimum Gasteiger partial charge on any atom is -0.465 e. The van der Waals surface area contributed by atoms with Crippen molar-refractivity contribution >= 4 is 11.9 Å². The second-order valence-electron chi connectivity index (χ2n) is 5.35. The van der Waals surface area contributed by atoms with E-state index in [-0.39, 0.29) is 24.0 Å². The van der Waals surface area contributed by atoms with E-state index in [9.17, 15) is 9.59 Å². The zero-order valence-corrected chi connectivity index (χ0v) is 11.7. The Balaban J connectivity index is 2.05. The molecular weight excluding hydrogens is 244 g/mol. The molecule has 19 heavy (non-hydrogen) atoms. The average molecular weight is 268 g/mol. The molecule has 0 saturated carbocycles. The van der Waals surface area contributed by atoms with Gasteiger partial charge in [-0.15, -0.1) is 0 Å². The summed E-state index contributed by atoms with van der Waals surface area (Å²) in [6.45, 7) is 3.92. The standard InChI is InChI=1S/C14H24N2O3/c1-2-19-14(18)12-7-3-4-9-16(12)11-6-5-8-15-13(17)10-11/h11-12H,2-10H2,1H3,(H,15,17). The Morgan fingerprint density at radius 3 is 3.00 bits per heavy atom. The maximum Gasteiger partial charge on any atom is 0.323 e. The highest BCUT2D eigenvalue weighted by molar-refractivity contribution is 5.78. The largest absolute Gasteiger partial charge is 0.465 e. The quantitative estimate of drug-likeness (QED) is 0.778. The third kappa shape index (κ3) is 3.69. The van der Waals surface area contributed by atoms with Crippen LogP contribution in [0, 0.1) is 0 Å². The zero-order valence-electron chi connectivity index (χ0n) is 11.7. The number of nitrogens with one attached hydrogen (secondary N) is 1. The van der Waals surface area contributed by atoms with Gasteiger partial charge in [0.05, 0.1) is 6.61 Å². The van der Waals surface area contributed by atoms with Crippen LogP contribution < -0.4 is 5.32 Å². The molecule has 2 saturated heterocycles. The zero-order chi connectivity index (χ0) is 13.7. The lowest BCUT2D eigenvalue weighted by atomic mass is 9.96. The Morgan fingerprint density at radius 1 is 1.37 bits per heavy atom. The lowest BCUT2D eigenvalue weighted by Crippen LogP contribution is -2.51. The molecule has 0 aliphatic carbocycles. The van der Waals surface area contributed by atoms with Crippen molar-refractivity contribution in [3.05, 3.63) is 0 Å². The van der Waals surface area contributed by atoms with Crippen LogP contribution in [0.5, 0.6) is 0 Å². The van der Waals surface area contributed by atoms with Crippen LogP contribution in [0.4, 0.5) is 0 Å². The van der Waals surface area contributed by atoms with Crippen molar-refractivity contribution in [3.63, 3.8) is 0 Å². The van der Waals surface area contributed by atoms with Gasteiger partial charge in [-0.3, -0.25) is 14.5 Å². The van der Waals surface area contributed by atoms with Gasteiger partial charge in [0.2, 0.25) is 5.91 Å². The highest BCUT2D eigenvalue weighted by Gasteiger charge is 2.35. The maximum absolute atomic E-state index is 12.1. The number of amides is 1. The van der Waals surface area contributed by atoms with Crippen molar-refractivity contribution in [2.24, 2.45) is 0 Å². The monoisotopic (exact) mass is 268 g/mol. The molecule has 2 fully saturated rings. The molecule has 5 nitrogen and oxygen atoms in total. The van der Waals surface area contributed by atoms with E-state index in [0.29, 0.717) is 13.0 Å². The van der Waals surface area contributed by atoms with Crippen LogP contribution >= 0.6 is 0 Å². The molecule has 2 rings (SSSR count). The van der Waals surface area contributed by atoms with Gasteiger partial charge in [-0.05, 0) is 39.2 Å². The van der Waals surface area contributed by atoms with E-state index in [2.05, 4.69) is 10.2 Å². The summed E-state index contributed by atoms with van der Waals surface area (Å²) in [5.41, 5.74) is 0. The molecule has 5 heteroatoms. The number of hydrogen-bond acceptors (Lipinski definition) is 4. The molecular formula is C14H24N2O3. The SMILES string of the molecule is CCOC(=O)C1CCCCN1C1CCCNC(=O)C1. The van der Waals surface area contributed by atoms with Crippen LogP contribution in [0.1, 0.15) is 45.4 Å². The van der Waals surface area contributed by atoms with Gasteiger partial charge in [-0.25, -0.2) is 0 Å². The predicted molar refractivity (Wildman–Crippen MR) is 71.6 cm³/mol. The van der Waals surface area contributed by atoms with Crippen LogP contribution in [0.3, 0.4) is 0 Å². The number of piperidine rings is 1. The molecule has 0 aromatic rings. The summed E-state index contributed by atoms with van der Waals surface area (Å²) in [5.74, 6) is -0.0115. The van der Waals surface area contributed by atoms with Gasteiger partial charge in [0.15, 0.2) is 0 Å². The Hall–Kier alpha value is -1.10. The second kappa shape index (κ2) is 6.89. The Kier molecular flexibility index (Phi) is 5.19. The molecule has 0 aromatic heterocycles. The van der Waals surface area contributed by atoms with Gasteiger partial charge < -0.3 is 10.1 Å². The highest BCUT2D eigenvalue weighted by atomic mass is 16.5.